The SMILES string of the molecule is CCn1c(SCCCc2ccc(C(C)C)cc2)nnc1-c1cccnc1. The van der Waals surface area contributed by atoms with Gasteiger partial charge in [-0.3, -0.25) is 4.98 Å². The molecule has 0 bridgehead atoms. The zero-order chi connectivity index (χ0) is 18.4. The number of hydrogen-bond donors (Lipinski definition) is 0. The second-order valence-electron chi connectivity index (χ2n) is 6.64. The van der Waals surface area contributed by atoms with Crippen LogP contribution in [0.5, 0.6) is 0 Å². The van der Waals surface area contributed by atoms with Gasteiger partial charge in [-0.15, -0.1) is 10.2 Å². The summed E-state index contributed by atoms with van der Waals surface area (Å²) in [7, 11) is 0. The maximum atomic E-state index is 4.39. The van der Waals surface area contributed by atoms with E-state index in [4.69, 9.17) is 0 Å². The lowest BCUT2D eigenvalue weighted by atomic mass is 10.0. The quantitative estimate of drug-likeness (QED) is 0.405. The van der Waals surface area contributed by atoms with Crippen LogP contribution in [0, 0.1) is 0 Å². The molecule has 2 heterocycles. The monoisotopic (exact) mass is 366 g/mol. The van der Waals surface area contributed by atoms with Crippen LogP contribution in [0.4, 0.5) is 0 Å². The van der Waals surface area contributed by atoms with Gasteiger partial charge in [-0.2, -0.15) is 0 Å². The van der Waals surface area contributed by atoms with E-state index in [0.29, 0.717) is 5.92 Å². The molecule has 3 aromatic rings. The summed E-state index contributed by atoms with van der Waals surface area (Å²) >= 11 is 1.78. The average molecular weight is 367 g/mol. The number of aromatic nitrogens is 4. The summed E-state index contributed by atoms with van der Waals surface area (Å²) in [5, 5.41) is 9.75. The lowest BCUT2D eigenvalue weighted by Crippen LogP contribution is -2.00. The second-order valence-corrected chi connectivity index (χ2v) is 7.70. The summed E-state index contributed by atoms with van der Waals surface area (Å²) in [6, 6.07) is 13.0. The van der Waals surface area contributed by atoms with Crippen LogP contribution in [0.25, 0.3) is 11.4 Å². The van der Waals surface area contributed by atoms with Gasteiger partial charge in [-0.25, -0.2) is 0 Å². The molecule has 3 rings (SSSR count). The highest BCUT2D eigenvalue weighted by molar-refractivity contribution is 7.99. The molecule has 0 N–H and O–H groups in total. The van der Waals surface area contributed by atoms with Crippen LogP contribution < -0.4 is 0 Å². The van der Waals surface area contributed by atoms with Crippen LogP contribution in [0.2, 0.25) is 0 Å². The molecule has 0 atom stereocenters. The van der Waals surface area contributed by atoms with Gasteiger partial charge in [0, 0.05) is 30.3 Å². The Hall–Kier alpha value is -2.14. The second kappa shape index (κ2) is 8.99. The highest BCUT2D eigenvalue weighted by Crippen LogP contribution is 2.24. The minimum Gasteiger partial charge on any atom is -0.302 e. The fourth-order valence-corrected chi connectivity index (χ4v) is 3.84. The van der Waals surface area contributed by atoms with Gasteiger partial charge in [-0.1, -0.05) is 49.9 Å². The van der Waals surface area contributed by atoms with Gasteiger partial charge in [0.15, 0.2) is 11.0 Å². The van der Waals surface area contributed by atoms with Gasteiger partial charge in [0.1, 0.15) is 0 Å². The van der Waals surface area contributed by atoms with Crippen molar-refractivity contribution in [3.63, 3.8) is 0 Å². The minimum atomic E-state index is 0.592. The molecular formula is C21H26N4S. The summed E-state index contributed by atoms with van der Waals surface area (Å²) in [6.45, 7) is 7.45. The molecule has 0 amide bonds. The first-order valence-electron chi connectivity index (χ1n) is 9.24. The molecule has 0 fully saturated rings. The summed E-state index contributed by atoms with van der Waals surface area (Å²) in [4.78, 5) is 4.18. The lowest BCUT2D eigenvalue weighted by Gasteiger charge is -2.08. The fraction of sp³-hybridized carbons (Fsp3) is 0.381. The molecule has 0 aliphatic heterocycles. The Bertz CT molecular complexity index is 810. The fourth-order valence-electron chi connectivity index (χ4n) is 2.90. The van der Waals surface area contributed by atoms with Crippen LogP contribution in [0.15, 0.2) is 53.9 Å². The van der Waals surface area contributed by atoms with Crippen LogP contribution in [-0.4, -0.2) is 25.5 Å². The van der Waals surface area contributed by atoms with Crippen molar-refractivity contribution >= 4 is 11.8 Å². The van der Waals surface area contributed by atoms with E-state index in [-0.39, 0.29) is 0 Å². The summed E-state index contributed by atoms with van der Waals surface area (Å²) in [5.74, 6) is 2.53. The normalized spacial score (nSPS) is 11.2. The van der Waals surface area contributed by atoms with Crippen LogP contribution >= 0.6 is 11.8 Å². The molecule has 0 radical (unpaired) electrons. The number of rotatable bonds is 8. The van der Waals surface area contributed by atoms with Crippen LogP contribution in [0.3, 0.4) is 0 Å². The molecule has 26 heavy (non-hydrogen) atoms. The van der Waals surface area contributed by atoms with Gasteiger partial charge >= 0.3 is 0 Å². The Kier molecular flexibility index (Phi) is 6.45. The Balaban J connectivity index is 1.56. The molecule has 0 spiro atoms. The highest BCUT2D eigenvalue weighted by atomic mass is 32.2. The summed E-state index contributed by atoms with van der Waals surface area (Å²) in [6.07, 6.45) is 5.84. The number of thioether (sulfide) groups is 1. The van der Waals surface area contributed by atoms with Crippen molar-refractivity contribution in [3.05, 3.63) is 59.9 Å². The highest BCUT2D eigenvalue weighted by Gasteiger charge is 2.12. The third-order valence-electron chi connectivity index (χ3n) is 4.44. The van der Waals surface area contributed by atoms with Crippen LogP contribution in [-0.2, 0) is 13.0 Å². The van der Waals surface area contributed by atoms with Crippen molar-refractivity contribution in [2.45, 2.75) is 51.2 Å². The van der Waals surface area contributed by atoms with E-state index in [1.54, 1.807) is 18.0 Å². The van der Waals surface area contributed by atoms with Crippen molar-refractivity contribution in [3.8, 4) is 11.4 Å². The third kappa shape index (κ3) is 4.52. The predicted octanol–water partition coefficient (Wildman–Crippen LogP) is 5.21. The number of benzene rings is 1. The average Bonchev–Trinajstić information content (AvgIpc) is 3.09. The van der Waals surface area contributed by atoms with Gasteiger partial charge in [0.2, 0.25) is 0 Å². The molecular weight excluding hydrogens is 340 g/mol. The molecule has 0 aliphatic carbocycles. The summed E-state index contributed by atoms with van der Waals surface area (Å²) < 4.78 is 2.17. The maximum Gasteiger partial charge on any atom is 0.191 e. The Morgan fingerprint density at radius 3 is 2.54 bits per heavy atom. The van der Waals surface area contributed by atoms with E-state index in [1.165, 1.54) is 11.1 Å². The van der Waals surface area contributed by atoms with Gasteiger partial charge in [0.05, 0.1) is 0 Å². The molecule has 4 nitrogen and oxygen atoms in total. The molecule has 5 heteroatoms. The standard InChI is InChI=1S/C21H26N4S/c1-4-25-20(19-8-5-13-22-15-19)23-24-21(25)26-14-6-7-17-9-11-18(12-10-17)16(2)3/h5,8-13,15-16H,4,6-7,14H2,1-3H3. The van der Waals surface area contributed by atoms with Crippen molar-refractivity contribution in [2.75, 3.05) is 5.75 Å². The van der Waals surface area contributed by atoms with E-state index in [0.717, 1.165) is 41.7 Å². The zero-order valence-electron chi connectivity index (χ0n) is 15.7. The smallest absolute Gasteiger partial charge is 0.191 e. The van der Waals surface area contributed by atoms with Crippen molar-refractivity contribution in [2.24, 2.45) is 0 Å². The minimum absolute atomic E-state index is 0.592. The number of pyridine rings is 1. The van der Waals surface area contributed by atoms with Gasteiger partial charge < -0.3 is 4.57 Å². The van der Waals surface area contributed by atoms with Crippen molar-refractivity contribution in [1.29, 1.82) is 0 Å². The molecule has 1 aromatic carbocycles. The predicted molar refractivity (Wildman–Crippen MR) is 109 cm³/mol. The van der Waals surface area contributed by atoms with E-state index >= 15 is 0 Å². The number of hydrogen-bond acceptors (Lipinski definition) is 4. The largest absolute Gasteiger partial charge is 0.302 e. The molecule has 0 unspecified atom stereocenters. The van der Waals surface area contributed by atoms with E-state index in [1.807, 2.05) is 18.3 Å². The summed E-state index contributed by atoms with van der Waals surface area (Å²) in [5.41, 5.74) is 3.82. The first kappa shape index (κ1) is 18.6. The number of aryl methyl sites for hydroxylation is 1. The topological polar surface area (TPSA) is 43.6 Å². The van der Waals surface area contributed by atoms with Crippen LogP contribution in [0.1, 0.15) is 44.2 Å². The Morgan fingerprint density at radius 1 is 1.08 bits per heavy atom. The maximum absolute atomic E-state index is 4.39. The number of nitrogens with zero attached hydrogens (tertiary/aromatic N) is 4. The first-order chi connectivity index (χ1) is 12.7. The van der Waals surface area contributed by atoms with Gasteiger partial charge in [-0.05, 0) is 48.9 Å². The third-order valence-corrected chi connectivity index (χ3v) is 5.49. The van der Waals surface area contributed by atoms with Gasteiger partial charge in [0.25, 0.3) is 0 Å². The Labute approximate surface area is 160 Å². The first-order valence-corrected chi connectivity index (χ1v) is 10.2. The molecule has 2 aromatic heterocycles. The molecule has 0 saturated carbocycles. The van der Waals surface area contributed by atoms with E-state index in [2.05, 4.69) is 64.8 Å². The Morgan fingerprint density at radius 2 is 1.88 bits per heavy atom. The van der Waals surface area contributed by atoms with Crippen molar-refractivity contribution in [1.82, 2.24) is 19.7 Å². The van der Waals surface area contributed by atoms with Crippen molar-refractivity contribution < 1.29 is 0 Å². The molecule has 0 saturated heterocycles. The molecule has 0 aliphatic rings. The zero-order valence-corrected chi connectivity index (χ0v) is 16.5. The lowest BCUT2D eigenvalue weighted by molar-refractivity contribution is 0.686. The van der Waals surface area contributed by atoms with E-state index in [9.17, 15) is 0 Å². The van der Waals surface area contributed by atoms with E-state index < -0.39 is 0 Å². The molecule has 136 valence electrons.